The Morgan fingerprint density at radius 2 is 0.717 bits per heavy atom. The van der Waals surface area contributed by atoms with Crippen LogP contribution in [-0.2, 0) is 28.6 Å². The van der Waals surface area contributed by atoms with E-state index in [1.54, 1.807) is 0 Å². The first-order valence-electron chi connectivity index (χ1n) is 22.5. The molecule has 0 amide bonds. The van der Waals surface area contributed by atoms with E-state index >= 15 is 0 Å². The van der Waals surface area contributed by atoms with Crippen LogP contribution in [0.4, 0.5) is 0 Å². The first kappa shape index (κ1) is 50.6. The SMILES string of the molecule is CCC/C=C\CCCCCCCC(=O)OC(COC(=O)CCCCCCC/C=C\C/C=C\CCCCC)COC(=O)CCCCCCCCCCCC. The molecule has 0 saturated heterocycles. The molecule has 0 saturated carbocycles. The third kappa shape index (κ3) is 40.6. The molecule has 0 aliphatic heterocycles. The van der Waals surface area contributed by atoms with Crippen LogP contribution in [0, 0.1) is 0 Å². The summed E-state index contributed by atoms with van der Waals surface area (Å²) in [6, 6.07) is 0. The minimum atomic E-state index is -0.775. The Kier molecular flexibility index (Phi) is 40.5. The van der Waals surface area contributed by atoms with Gasteiger partial charge in [-0.15, -0.1) is 0 Å². The van der Waals surface area contributed by atoms with E-state index in [1.807, 2.05) is 0 Å². The molecular formula is C47H84O6. The van der Waals surface area contributed by atoms with Crippen LogP contribution in [0.15, 0.2) is 36.5 Å². The lowest BCUT2D eigenvalue weighted by molar-refractivity contribution is -0.167. The van der Waals surface area contributed by atoms with Crippen LogP contribution in [-0.4, -0.2) is 37.2 Å². The Hall–Kier alpha value is -2.37. The number of ether oxygens (including phenoxy) is 3. The highest BCUT2D eigenvalue weighted by Gasteiger charge is 2.19. The number of rotatable bonds is 40. The molecule has 0 aromatic heterocycles. The van der Waals surface area contributed by atoms with Crippen molar-refractivity contribution in [1.82, 2.24) is 0 Å². The maximum Gasteiger partial charge on any atom is 0.306 e. The lowest BCUT2D eigenvalue weighted by Gasteiger charge is -2.18. The van der Waals surface area contributed by atoms with Gasteiger partial charge in [-0.3, -0.25) is 14.4 Å². The van der Waals surface area contributed by atoms with Crippen molar-refractivity contribution in [2.75, 3.05) is 13.2 Å². The second kappa shape index (κ2) is 42.4. The standard InChI is InChI=1S/C47H84O6/c1-4-7-10-13-16-19-22-23-24-25-26-29-31-34-37-40-46(49)52-43-44(53-47(50)41-38-35-32-28-21-18-15-12-9-6-3)42-51-45(48)39-36-33-30-27-20-17-14-11-8-5-2/h12,15-16,19,23-24,44H,4-11,13-14,17-18,20-22,25-43H2,1-3H3/b15-12-,19-16-,24-23-. The Bertz CT molecular complexity index is 907. The largest absolute Gasteiger partial charge is 0.462 e. The van der Waals surface area contributed by atoms with Gasteiger partial charge in [-0.2, -0.15) is 0 Å². The maximum atomic E-state index is 12.7. The zero-order valence-corrected chi connectivity index (χ0v) is 35.0. The molecule has 0 bridgehead atoms. The summed E-state index contributed by atoms with van der Waals surface area (Å²) in [6.45, 7) is 6.51. The van der Waals surface area contributed by atoms with Gasteiger partial charge in [-0.25, -0.2) is 0 Å². The fraction of sp³-hybridized carbons (Fsp3) is 0.809. The van der Waals surface area contributed by atoms with Crippen LogP contribution >= 0.6 is 0 Å². The van der Waals surface area contributed by atoms with Crippen molar-refractivity contribution in [1.29, 1.82) is 0 Å². The number of allylic oxidation sites excluding steroid dienone is 6. The monoisotopic (exact) mass is 745 g/mol. The van der Waals surface area contributed by atoms with Gasteiger partial charge in [-0.1, -0.05) is 173 Å². The highest BCUT2D eigenvalue weighted by molar-refractivity contribution is 5.71. The average molecular weight is 745 g/mol. The number of unbranched alkanes of at least 4 members (excludes halogenated alkanes) is 23. The van der Waals surface area contributed by atoms with Gasteiger partial charge in [0.15, 0.2) is 6.10 Å². The van der Waals surface area contributed by atoms with Gasteiger partial charge in [0.25, 0.3) is 0 Å². The van der Waals surface area contributed by atoms with Crippen LogP contribution in [0.3, 0.4) is 0 Å². The third-order valence-electron chi connectivity index (χ3n) is 9.60. The van der Waals surface area contributed by atoms with Crippen molar-refractivity contribution in [3.8, 4) is 0 Å². The molecule has 6 heteroatoms. The molecule has 0 fully saturated rings. The highest BCUT2D eigenvalue weighted by atomic mass is 16.6. The summed E-state index contributed by atoms with van der Waals surface area (Å²) in [5, 5.41) is 0. The zero-order valence-electron chi connectivity index (χ0n) is 35.0. The number of carbonyl (C=O) groups is 3. The number of carbonyl (C=O) groups excluding carboxylic acids is 3. The Morgan fingerprint density at radius 3 is 1.17 bits per heavy atom. The molecule has 0 aliphatic rings. The average Bonchev–Trinajstić information content (AvgIpc) is 3.15. The van der Waals surface area contributed by atoms with Crippen LogP contribution in [0.1, 0.15) is 226 Å². The molecule has 0 rings (SSSR count). The van der Waals surface area contributed by atoms with Gasteiger partial charge >= 0.3 is 17.9 Å². The summed E-state index contributed by atoms with van der Waals surface area (Å²) < 4.78 is 16.7. The number of hydrogen-bond donors (Lipinski definition) is 0. The van der Waals surface area contributed by atoms with Gasteiger partial charge < -0.3 is 14.2 Å². The van der Waals surface area contributed by atoms with Gasteiger partial charge in [0.05, 0.1) is 0 Å². The molecule has 0 aromatic rings. The zero-order chi connectivity index (χ0) is 38.7. The topological polar surface area (TPSA) is 78.9 Å². The molecule has 0 heterocycles. The molecule has 0 N–H and O–H groups in total. The predicted molar refractivity (Wildman–Crippen MR) is 224 cm³/mol. The number of esters is 3. The molecule has 6 nitrogen and oxygen atoms in total. The van der Waals surface area contributed by atoms with E-state index in [9.17, 15) is 14.4 Å². The molecule has 1 atom stereocenters. The van der Waals surface area contributed by atoms with Gasteiger partial charge in [-0.05, 0) is 70.6 Å². The van der Waals surface area contributed by atoms with E-state index in [4.69, 9.17) is 14.2 Å². The molecule has 0 spiro atoms. The van der Waals surface area contributed by atoms with E-state index < -0.39 is 6.10 Å². The Morgan fingerprint density at radius 1 is 0.377 bits per heavy atom. The van der Waals surface area contributed by atoms with E-state index in [2.05, 4.69) is 57.2 Å². The predicted octanol–water partition coefficient (Wildman–Crippen LogP) is 14.2. The fourth-order valence-electron chi connectivity index (χ4n) is 6.18. The third-order valence-corrected chi connectivity index (χ3v) is 9.60. The van der Waals surface area contributed by atoms with Gasteiger partial charge in [0.2, 0.25) is 0 Å². The van der Waals surface area contributed by atoms with Crippen LogP contribution in [0.2, 0.25) is 0 Å². The first-order chi connectivity index (χ1) is 26.0. The summed E-state index contributed by atoms with van der Waals surface area (Å²) in [5.74, 6) is -0.905. The number of hydrogen-bond acceptors (Lipinski definition) is 6. The second-order valence-corrected chi connectivity index (χ2v) is 15.0. The van der Waals surface area contributed by atoms with Crippen molar-refractivity contribution in [3.05, 3.63) is 36.5 Å². The molecule has 0 aliphatic carbocycles. The molecule has 1 unspecified atom stereocenters. The first-order valence-corrected chi connectivity index (χ1v) is 22.5. The van der Waals surface area contributed by atoms with Gasteiger partial charge in [0, 0.05) is 19.3 Å². The Balaban J connectivity index is 4.36. The second-order valence-electron chi connectivity index (χ2n) is 15.0. The lowest BCUT2D eigenvalue weighted by atomic mass is 10.1. The minimum absolute atomic E-state index is 0.0785. The van der Waals surface area contributed by atoms with E-state index in [-0.39, 0.29) is 31.1 Å². The van der Waals surface area contributed by atoms with Crippen molar-refractivity contribution in [2.24, 2.45) is 0 Å². The van der Waals surface area contributed by atoms with Crippen LogP contribution in [0.5, 0.6) is 0 Å². The van der Waals surface area contributed by atoms with Crippen LogP contribution in [0.25, 0.3) is 0 Å². The van der Waals surface area contributed by atoms with Crippen molar-refractivity contribution in [3.63, 3.8) is 0 Å². The molecule has 0 aromatic carbocycles. The van der Waals surface area contributed by atoms with E-state index in [1.165, 1.54) is 89.9 Å². The van der Waals surface area contributed by atoms with Crippen molar-refractivity contribution >= 4 is 17.9 Å². The fourth-order valence-corrected chi connectivity index (χ4v) is 6.18. The molecule has 53 heavy (non-hydrogen) atoms. The normalized spacial score (nSPS) is 12.3. The maximum absolute atomic E-state index is 12.7. The van der Waals surface area contributed by atoms with Crippen molar-refractivity contribution < 1.29 is 28.6 Å². The van der Waals surface area contributed by atoms with Crippen LogP contribution < -0.4 is 0 Å². The summed E-state index contributed by atoms with van der Waals surface area (Å²) >= 11 is 0. The summed E-state index contributed by atoms with van der Waals surface area (Å²) in [7, 11) is 0. The van der Waals surface area contributed by atoms with Gasteiger partial charge in [0.1, 0.15) is 13.2 Å². The summed E-state index contributed by atoms with van der Waals surface area (Å²) in [5.41, 5.74) is 0. The van der Waals surface area contributed by atoms with Crippen molar-refractivity contribution in [2.45, 2.75) is 232 Å². The quantitative estimate of drug-likeness (QED) is 0.0269. The highest BCUT2D eigenvalue weighted by Crippen LogP contribution is 2.14. The smallest absolute Gasteiger partial charge is 0.306 e. The summed E-state index contributed by atoms with van der Waals surface area (Å²) in [4.78, 5) is 37.6. The van der Waals surface area contributed by atoms with E-state index in [0.29, 0.717) is 19.3 Å². The molecule has 308 valence electrons. The molecular weight excluding hydrogens is 661 g/mol. The summed E-state index contributed by atoms with van der Waals surface area (Å²) in [6.07, 6.45) is 47.0. The lowest BCUT2D eigenvalue weighted by Crippen LogP contribution is -2.30. The Labute approximate surface area is 327 Å². The van der Waals surface area contributed by atoms with E-state index in [0.717, 1.165) is 96.3 Å². The molecule has 0 radical (unpaired) electrons. The minimum Gasteiger partial charge on any atom is -0.462 e.